The highest BCUT2D eigenvalue weighted by atomic mass is 32.1. The van der Waals surface area contributed by atoms with Gasteiger partial charge in [0.15, 0.2) is 0 Å². The first kappa shape index (κ1) is 17.6. The van der Waals surface area contributed by atoms with Gasteiger partial charge in [0.1, 0.15) is 0 Å². The number of benzene rings is 2. The smallest absolute Gasteiger partial charge is 0.261 e. The molecule has 1 aliphatic rings. The number of thiophene rings is 1. The number of nitrogens with zero attached hydrogens (tertiary/aromatic N) is 2. The second-order valence-electron chi connectivity index (χ2n) is 6.60. The van der Waals surface area contributed by atoms with Gasteiger partial charge in [-0.2, -0.15) is 0 Å². The van der Waals surface area contributed by atoms with Gasteiger partial charge in [-0.25, -0.2) is 0 Å². The molecule has 0 atom stereocenters. The first-order valence-electron chi connectivity index (χ1n) is 9.27. The standard InChI is InChI=1S/C22H23N3OS/c26-22(21-17-18-7-4-5-10-20(18)27-21)23-11-6-12-24-13-15-25(16-14-24)19-8-2-1-3-9-19/h1-10,12,17H,11,13-16H2,(H,23,26). The van der Waals surface area contributed by atoms with Crippen molar-refractivity contribution in [2.45, 2.75) is 0 Å². The van der Waals surface area contributed by atoms with Gasteiger partial charge < -0.3 is 15.1 Å². The van der Waals surface area contributed by atoms with Crippen LogP contribution >= 0.6 is 11.3 Å². The van der Waals surface area contributed by atoms with Crippen molar-refractivity contribution in [2.24, 2.45) is 0 Å². The molecule has 1 aromatic heterocycles. The van der Waals surface area contributed by atoms with Gasteiger partial charge in [0.05, 0.1) is 4.88 Å². The number of nitrogens with one attached hydrogen (secondary N) is 1. The first-order chi connectivity index (χ1) is 13.3. The Morgan fingerprint density at radius 3 is 2.52 bits per heavy atom. The Morgan fingerprint density at radius 1 is 1.00 bits per heavy atom. The summed E-state index contributed by atoms with van der Waals surface area (Å²) in [5.74, 6) is -0.00486. The van der Waals surface area contributed by atoms with Crippen molar-refractivity contribution in [3.8, 4) is 0 Å². The van der Waals surface area contributed by atoms with Crippen LogP contribution in [0.1, 0.15) is 9.67 Å². The van der Waals surface area contributed by atoms with Crippen molar-refractivity contribution in [3.05, 3.63) is 77.8 Å². The van der Waals surface area contributed by atoms with Crippen molar-refractivity contribution in [2.75, 3.05) is 37.6 Å². The van der Waals surface area contributed by atoms with E-state index >= 15 is 0 Å². The number of fused-ring (bicyclic) bond motifs is 1. The predicted octanol–water partition coefficient (Wildman–Crippen LogP) is 3.97. The van der Waals surface area contributed by atoms with Crippen LogP contribution in [0.15, 0.2) is 72.9 Å². The van der Waals surface area contributed by atoms with Crippen LogP contribution in [0.4, 0.5) is 5.69 Å². The summed E-state index contributed by atoms with van der Waals surface area (Å²) in [4.78, 5) is 17.8. The van der Waals surface area contributed by atoms with Gasteiger partial charge in [-0.15, -0.1) is 11.3 Å². The molecule has 5 heteroatoms. The Morgan fingerprint density at radius 2 is 1.74 bits per heavy atom. The summed E-state index contributed by atoms with van der Waals surface area (Å²) in [6.07, 6.45) is 4.14. The van der Waals surface area contributed by atoms with Gasteiger partial charge in [0, 0.05) is 43.1 Å². The maximum absolute atomic E-state index is 12.3. The van der Waals surface area contributed by atoms with E-state index in [4.69, 9.17) is 0 Å². The van der Waals surface area contributed by atoms with E-state index in [1.54, 1.807) is 0 Å². The Hall–Kier alpha value is -2.79. The number of anilines is 1. The van der Waals surface area contributed by atoms with E-state index in [0.717, 1.165) is 41.1 Å². The molecule has 2 aromatic carbocycles. The maximum Gasteiger partial charge on any atom is 0.261 e. The van der Waals surface area contributed by atoms with Gasteiger partial charge in [0.25, 0.3) is 5.91 Å². The molecule has 138 valence electrons. The van der Waals surface area contributed by atoms with Crippen molar-refractivity contribution in [3.63, 3.8) is 0 Å². The monoisotopic (exact) mass is 377 g/mol. The van der Waals surface area contributed by atoms with Crippen molar-refractivity contribution < 1.29 is 4.79 Å². The van der Waals surface area contributed by atoms with E-state index < -0.39 is 0 Å². The van der Waals surface area contributed by atoms with Crippen molar-refractivity contribution in [1.29, 1.82) is 0 Å². The molecule has 2 heterocycles. The van der Waals surface area contributed by atoms with Crippen molar-refractivity contribution >= 4 is 33.0 Å². The molecule has 0 unspecified atom stereocenters. The number of carbonyl (C=O) groups excluding carboxylic acids is 1. The topological polar surface area (TPSA) is 35.6 Å². The quantitative estimate of drug-likeness (QED) is 0.731. The summed E-state index contributed by atoms with van der Waals surface area (Å²) < 4.78 is 1.15. The lowest BCUT2D eigenvalue weighted by atomic mass is 10.2. The molecule has 0 radical (unpaired) electrons. The summed E-state index contributed by atoms with van der Waals surface area (Å²) in [6, 6.07) is 20.6. The first-order valence-corrected chi connectivity index (χ1v) is 10.1. The zero-order chi connectivity index (χ0) is 18.5. The minimum Gasteiger partial charge on any atom is -0.374 e. The Balaban J connectivity index is 1.23. The molecule has 0 bridgehead atoms. The van der Waals surface area contributed by atoms with Gasteiger partial charge in [0.2, 0.25) is 0 Å². The summed E-state index contributed by atoms with van der Waals surface area (Å²) in [6.45, 7) is 4.57. The summed E-state index contributed by atoms with van der Waals surface area (Å²) in [5.41, 5.74) is 1.29. The second kappa shape index (κ2) is 8.27. The highest BCUT2D eigenvalue weighted by molar-refractivity contribution is 7.20. The van der Waals surface area contributed by atoms with Gasteiger partial charge in [-0.1, -0.05) is 36.4 Å². The van der Waals surface area contributed by atoms with Crippen LogP contribution in [0, 0.1) is 0 Å². The van der Waals surface area contributed by atoms with Gasteiger partial charge in [-0.05, 0) is 41.9 Å². The average molecular weight is 378 g/mol. The van der Waals surface area contributed by atoms with E-state index in [2.05, 4.69) is 51.6 Å². The highest BCUT2D eigenvalue weighted by Gasteiger charge is 2.14. The molecular weight excluding hydrogens is 354 g/mol. The molecule has 1 saturated heterocycles. The number of amides is 1. The van der Waals surface area contributed by atoms with E-state index in [1.807, 2.05) is 36.4 Å². The van der Waals surface area contributed by atoms with Crippen LogP contribution in [0.3, 0.4) is 0 Å². The van der Waals surface area contributed by atoms with Crippen LogP contribution in [0.2, 0.25) is 0 Å². The molecule has 0 spiro atoms. The lowest BCUT2D eigenvalue weighted by molar-refractivity contribution is 0.0962. The number of piperazine rings is 1. The number of hydrogen-bond acceptors (Lipinski definition) is 4. The summed E-state index contributed by atoms with van der Waals surface area (Å²) >= 11 is 1.54. The van der Waals surface area contributed by atoms with E-state index in [9.17, 15) is 4.79 Å². The third kappa shape index (κ3) is 4.31. The van der Waals surface area contributed by atoms with Crippen LogP contribution in [-0.2, 0) is 0 Å². The number of para-hydroxylation sites is 1. The van der Waals surface area contributed by atoms with E-state index in [1.165, 1.54) is 17.0 Å². The molecule has 0 saturated carbocycles. The van der Waals surface area contributed by atoms with Crippen LogP contribution < -0.4 is 10.2 Å². The molecule has 1 fully saturated rings. The molecule has 27 heavy (non-hydrogen) atoms. The SMILES string of the molecule is O=C(NCC=CN1CCN(c2ccccc2)CC1)c1cc2ccccc2s1. The molecule has 1 N–H and O–H groups in total. The van der Waals surface area contributed by atoms with E-state index in [0.29, 0.717) is 6.54 Å². The minimum atomic E-state index is -0.00486. The number of carbonyl (C=O) groups is 1. The number of hydrogen-bond donors (Lipinski definition) is 1. The van der Waals surface area contributed by atoms with Crippen LogP contribution in [0.25, 0.3) is 10.1 Å². The second-order valence-corrected chi connectivity index (χ2v) is 7.69. The molecule has 4 nitrogen and oxygen atoms in total. The lowest BCUT2D eigenvalue weighted by Crippen LogP contribution is -2.44. The average Bonchev–Trinajstić information content (AvgIpc) is 3.17. The minimum absolute atomic E-state index is 0.00486. The number of rotatable bonds is 5. The lowest BCUT2D eigenvalue weighted by Gasteiger charge is -2.35. The molecule has 1 aliphatic heterocycles. The van der Waals surface area contributed by atoms with Crippen LogP contribution in [-0.4, -0.2) is 43.5 Å². The Labute approximate surface area is 163 Å². The van der Waals surface area contributed by atoms with Gasteiger partial charge in [-0.3, -0.25) is 4.79 Å². The zero-order valence-electron chi connectivity index (χ0n) is 15.2. The van der Waals surface area contributed by atoms with Crippen molar-refractivity contribution in [1.82, 2.24) is 10.2 Å². The third-order valence-electron chi connectivity index (χ3n) is 4.78. The predicted molar refractivity (Wildman–Crippen MR) is 114 cm³/mol. The zero-order valence-corrected chi connectivity index (χ0v) is 16.0. The molecule has 1 amide bonds. The maximum atomic E-state index is 12.3. The molecule has 3 aromatic rings. The van der Waals surface area contributed by atoms with Gasteiger partial charge >= 0.3 is 0 Å². The third-order valence-corrected chi connectivity index (χ3v) is 5.90. The highest BCUT2D eigenvalue weighted by Crippen LogP contribution is 2.25. The van der Waals surface area contributed by atoms with E-state index in [-0.39, 0.29) is 5.91 Å². The molecule has 4 rings (SSSR count). The molecular formula is C22H23N3OS. The largest absolute Gasteiger partial charge is 0.374 e. The normalized spacial score (nSPS) is 14.8. The fraction of sp³-hybridized carbons (Fsp3) is 0.227. The fourth-order valence-electron chi connectivity index (χ4n) is 3.30. The summed E-state index contributed by atoms with van der Waals surface area (Å²) in [7, 11) is 0. The molecule has 0 aliphatic carbocycles. The Bertz CT molecular complexity index is 894. The van der Waals surface area contributed by atoms with Crippen LogP contribution in [0.5, 0.6) is 0 Å². The fourth-order valence-corrected chi connectivity index (χ4v) is 4.28. The summed E-state index contributed by atoms with van der Waals surface area (Å²) in [5, 5.41) is 4.11. The Kier molecular flexibility index (Phi) is 5.39.